The van der Waals surface area contributed by atoms with Crippen LogP contribution in [0, 0.1) is 0 Å². The molecular formula is C11H15N3. The molecule has 0 radical (unpaired) electrons. The summed E-state index contributed by atoms with van der Waals surface area (Å²) in [5.74, 6) is 1.00. The van der Waals surface area contributed by atoms with Gasteiger partial charge in [-0.1, -0.05) is 19.1 Å². The van der Waals surface area contributed by atoms with E-state index in [2.05, 4.69) is 40.4 Å². The molecule has 14 heavy (non-hydrogen) atoms. The van der Waals surface area contributed by atoms with Crippen LogP contribution in [0.3, 0.4) is 0 Å². The Labute approximate surface area is 83.6 Å². The summed E-state index contributed by atoms with van der Waals surface area (Å²) in [6.45, 7) is 2.94. The SMILES string of the molecule is CCc1cccc2[nH]c(CNC)nc12. The Morgan fingerprint density at radius 1 is 1.43 bits per heavy atom. The molecule has 0 atom stereocenters. The van der Waals surface area contributed by atoms with E-state index < -0.39 is 0 Å². The molecule has 0 aliphatic heterocycles. The van der Waals surface area contributed by atoms with Crippen molar-refractivity contribution in [3.8, 4) is 0 Å². The van der Waals surface area contributed by atoms with Gasteiger partial charge in [-0.05, 0) is 25.1 Å². The number of hydrogen-bond acceptors (Lipinski definition) is 2. The first-order valence-corrected chi connectivity index (χ1v) is 4.96. The maximum absolute atomic E-state index is 4.56. The summed E-state index contributed by atoms with van der Waals surface area (Å²) in [7, 11) is 1.92. The topological polar surface area (TPSA) is 40.7 Å². The number of para-hydroxylation sites is 1. The number of rotatable bonds is 3. The van der Waals surface area contributed by atoms with Crippen LogP contribution in [-0.2, 0) is 13.0 Å². The Morgan fingerprint density at radius 2 is 2.29 bits per heavy atom. The van der Waals surface area contributed by atoms with Gasteiger partial charge in [-0.2, -0.15) is 0 Å². The number of H-pyrrole nitrogens is 1. The first-order chi connectivity index (χ1) is 6.85. The van der Waals surface area contributed by atoms with Crippen molar-refractivity contribution in [1.82, 2.24) is 15.3 Å². The van der Waals surface area contributed by atoms with Crippen LogP contribution in [0.5, 0.6) is 0 Å². The number of aryl methyl sites for hydroxylation is 1. The lowest BCUT2D eigenvalue weighted by Gasteiger charge is -1.95. The van der Waals surface area contributed by atoms with Crippen molar-refractivity contribution in [2.24, 2.45) is 0 Å². The zero-order valence-corrected chi connectivity index (χ0v) is 8.59. The molecule has 1 aromatic carbocycles. The summed E-state index contributed by atoms with van der Waals surface area (Å²) in [5, 5.41) is 3.09. The summed E-state index contributed by atoms with van der Waals surface area (Å²) in [4.78, 5) is 7.85. The van der Waals surface area contributed by atoms with Gasteiger partial charge in [-0.25, -0.2) is 4.98 Å². The average Bonchev–Trinajstić information content (AvgIpc) is 2.60. The highest BCUT2D eigenvalue weighted by molar-refractivity contribution is 5.78. The minimum Gasteiger partial charge on any atom is -0.341 e. The highest BCUT2D eigenvalue weighted by atomic mass is 15.0. The van der Waals surface area contributed by atoms with E-state index >= 15 is 0 Å². The van der Waals surface area contributed by atoms with E-state index in [0.29, 0.717) is 0 Å². The molecule has 3 nitrogen and oxygen atoms in total. The lowest BCUT2D eigenvalue weighted by molar-refractivity contribution is 0.775. The van der Waals surface area contributed by atoms with Gasteiger partial charge in [0.25, 0.3) is 0 Å². The number of nitrogens with zero attached hydrogens (tertiary/aromatic N) is 1. The van der Waals surface area contributed by atoms with E-state index in [-0.39, 0.29) is 0 Å². The van der Waals surface area contributed by atoms with Gasteiger partial charge in [-0.3, -0.25) is 0 Å². The molecule has 2 rings (SSSR count). The lowest BCUT2D eigenvalue weighted by Crippen LogP contribution is -2.06. The van der Waals surface area contributed by atoms with E-state index in [1.54, 1.807) is 0 Å². The van der Waals surface area contributed by atoms with Crippen molar-refractivity contribution in [2.45, 2.75) is 19.9 Å². The molecule has 0 aliphatic rings. The standard InChI is InChI=1S/C11H15N3/c1-3-8-5-4-6-9-11(8)14-10(13-9)7-12-2/h4-6,12H,3,7H2,1-2H3,(H,13,14). The van der Waals surface area contributed by atoms with Crippen LogP contribution in [0.25, 0.3) is 11.0 Å². The predicted molar refractivity (Wildman–Crippen MR) is 58.2 cm³/mol. The molecule has 2 N–H and O–H groups in total. The summed E-state index contributed by atoms with van der Waals surface area (Å²) >= 11 is 0. The van der Waals surface area contributed by atoms with E-state index in [1.165, 1.54) is 5.56 Å². The minimum atomic E-state index is 0.790. The number of aromatic amines is 1. The minimum absolute atomic E-state index is 0.790. The highest BCUT2D eigenvalue weighted by Crippen LogP contribution is 2.16. The number of aromatic nitrogens is 2. The normalized spacial score (nSPS) is 11.0. The van der Waals surface area contributed by atoms with Gasteiger partial charge in [0.2, 0.25) is 0 Å². The highest BCUT2D eigenvalue weighted by Gasteiger charge is 2.04. The Bertz CT molecular complexity index is 431. The molecule has 1 aromatic heterocycles. The van der Waals surface area contributed by atoms with E-state index in [0.717, 1.165) is 29.8 Å². The fourth-order valence-electron chi connectivity index (χ4n) is 1.68. The number of imidazole rings is 1. The third-order valence-electron chi connectivity index (χ3n) is 2.37. The summed E-state index contributed by atoms with van der Waals surface area (Å²) in [6.07, 6.45) is 1.03. The third kappa shape index (κ3) is 1.51. The van der Waals surface area contributed by atoms with Gasteiger partial charge in [0, 0.05) is 0 Å². The molecule has 1 heterocycles. The van der Waals surface area contributed by atoms with Gasteiger partial charge >= 0.3 is 0 Å². The predicted octanol–water partition coefficient (Wildman–Crippen LogP) is 1.84. The maximum atomic E-state index is 4.56. The van der Waals surface area contributed by atoms with Crippen LogP contribution in [0.4, 0.5) is 0 Å². The largest absolute Gasteiger partial charge is 0.341 e. The molecule has 0 bridgehead atoms. The monoisotopic (exact) mass is 189 g/mol. The van der Waals surface area contributed by atoms with Gasteiger partial charge in [-0.15, -0.1) is 0 Å². The quantitative estimate of drug-likeness (QED) is 0.773. The maximum Gasteiger partial charge on any atom is 0.121 e. The van der Waals surface area contributed by atoms with Gasteiger partial charge in [0.15, 0.2) is 0 Å². The summed E-state index contributed by atoms with van der Waals surface area (Å²) in [6, 6.07) is 6.27. The Morgan fingerprint density at radius 3 is 3.00 bits per heavy atom. The first kappa shape index (κ1) is 9.21. The molecular weight excluding hydrogens is 174 g/mol. The van der Waals surface area contributed by atoms with Crippen molar-refractivity contribution < 1.29 is 0 Å². The fraction of sp³-hybridized carbons (Fsp3) is 0.364. The molecule has 0 amide bonds. The van der Waals surface area contributed by atoms with E-state index in [4.69, 9.17) is 0 Å². The molecule has 0 fully saturated rings. The van der Waals surface area contributed by atoms with Crippen LogP contribution in [0.1, 0.15) is 18.3 Å². The molecule has 74 valence electrons. The summed E-state index contributed by atoms with van der Waals surface area (Å²) in [5.41, 5.74) is 3.55. The van der Waals surface area contributed by atoms with Crippen LogP contribution in [0.15, 0.2) is 18.2 Å². The number of fused-ring (bicyclic) bond motifs is 1. The lowest BCUT2D eigenvalue weighted by atomic mass is 10.1. The Hall–Kier alpha value is -1.35. The van der Waals surface area contributed by atoms with E-state index in [9.17, 15) is 0 Å². The zero-order chi connectivity index (χ0) is 9.97. The van der Waals surface area contributed by atoms with Crippen LogP contribution < -0.4 is 5.32 Å². The van der Waals surface area contributed by atoms with Crippen molar-refractivity contribution in [3.63, 3.8) is 0 Å². The van der Waals surface area contributed by atoms with E-state index in [1.807, 2.05) is 7.05 Å². The molecule has 0 saturated carbocycles. The second-order valence-electron chi connectivity index (χ2n) is 3.38. The molecule has 0 unspecified atom stereocenters. The summed E-state index contributed by atoms with van der Waals surface area (Å²) < 4.78 is 0. The molecule has 0 aliphatic carbocycles. The Balaban J connectivity index is 2.52. The van der Waals surface area contributed by atoms with Gasteiger partial charge in [0.05, 0.1) is 17.6 Å². The average molecular weight is 189 g/mol. The van der Waals surface area contributed by atoms with Crippen molar-refractivity contribution in [3.05, 3.63) is 29.6 Å². The van der Waals surface area contributed by atoms with Crippen molar-refractivity contribution >= 4 is 11.0 Å². The zero-order valence-electron chi connectivity index (χ0n) is 8.59. The number of nitrogens with one attached hydrogen (secondary N) is 2. The third-order valence-corrected chi connectivity index (χ3v) is 2.37. The van der Waals surface area contributed by atoms with Crippen LogP contribution in [0.2, 0.25) is 0 Å². The van der Waals surface area contributed by atoms with Crippen molar-refractivity contribution in [2.75, 3.05) is 7.05 Å². The van der Waals surface area contributed by atoms with Crippen molar-refractivity contribution in [1.29, 1.82) is 0 Å². The van der Waals surface area contributed by atoms with Crippen LogP contribution in [-0.4, -0.2) is 17.0 Å². The fourth-order valence-corrected chi connectivity index (χ4v) is 1.68. The molecule has 0 spiro atoms. The van der Waals surface area contributed by atoms with Gasteiger partial charge in [0.1, 0.15) is 5.82 Å². The van der Waals surface area contributed by atoms with Crippen LogP contribution >= 0.6 is 0 Å². The number of hydrogen-bond donors (Lipinski definition) is 2. The smallest absolute Gasteiger partial charge is 0.121 e. The number of benzene rings is 1. The molecule has 2 aromatic rings. The first-order valence-electron chi connectivity index (χ1n) is 4.96. The molecule has 3 heteroatoms. The second-order valence-corrected chi connectivity index (χ2v) is 3.38. The Kier molecular flexibility index (Phi) is 2.50. The second kappa shape index (κ2) is 3.80. The molecule has 0 saturated heterocycles. The van der Waals surface area contributed by atoms with Gasteiger partial charge < -0.3 is 10.3 Å².